The van der Waals surface area contributed by atoms with Gasteiger partial charge in [0.2, 0.25) is 0 Å². The van der Waals surface area contributed by atoms with Crippen molar-refractivity contribution in [3.05, 3.63) is 35.1 Å². The van der Waals surface area contributed by atoms with Crippen LogP contribution in [0.1, 0.15) is 42.6 Å². The molecule has 1 fully saturated rings. The van der Waals surface area contributed by atoms with Crippen molar-refractivity contribution in [1.82, 2.24) is 4.90 Å². The van der Waals surface area contributed by atoms with E-state index < -0.39 is 29.0 Å². The Morgan fingerprint density at radius 3 is 2.43 bits per heavy atom. The molecule has 1 aromatic carbocycles. The van der Waals surface area contributed by atoms with Crippen LogP contribution in [0.15, 0.2) is 18.2 Å². The van der Waals surface area contributed by atoms with Crippen molar-refractivity contribution in [3.8, 4) is 0 Å². The van der Waals surface area contributed by atoms with Crippen LogP contribution >= 0.6 is 0 Å². The molecule has 1 amide bonds. The molecule has 21 heavy (non-hydrogen) atoms. The number of hydrogen-bond acceptors (Lipinski definition) is 1. The minimum atomic E-state index is -4.81. The highest BCUT2D eigenvalue weighted by molar-refractivity contribution is 5.95. The average molecular weight is 303 g/mol. The van der Waals surface area contributed by atoms with Crippen molar-refractivity contribution in [2.45, 2.75) is 38.9 Å². The zero-order valence-electron chi connectivity index (χ0n) is 11.9. The van der Waals surface area contributed by atoms with E-state index in [1.54, 1.807) is 13.8 Å². The van der Waals surface area contributed by atoms with Crippen molar-refractivity contribution < 1.29 is 22.4 Å². The van der Waals surface area contributed by atoms with Gasteiger partial charge in [0.05, 0.1) is 11.1 Å². The van der Waals surface area contributed by atoms with Crippen molar-refractivity contribution >= 4 is 5.91 Å². The first-order valence-electron chi connectivity index (χ1n) is 6.88. The molecule has 0 aliphatic heterocycles. The molecular weight excluding hydrogens is 286 g/mol. The fraction of sp³-hybridized carbons (Fsp3) is 0.533. The molecule has 1 aliphatic carbocycles. The van der Waals surface area contributed by atoms with Gasteiger partial charge in [-0.25, -0.2) is 4.39 Å². The van der Waals surface area contributed by atoms with Gasteiger partial charge in [0.25, 0.3) is 5.91 Å². The van der Waals surface area contributed by atoms with Gasteiger partial charge >= 0.3 is 6.18 Å². The summed E-state index contributed by atoms with van der Waals surface area (Å²) in [5.41, 5.74) is -1.91. The lowest BCUT2D eigenvalue weighted by Crippen LogP contribution is -2.39. The Bertz CT molecular complexity index is 535. The number of alkyl halides is 3. The summed E-state index contributed by atoms with van der Waals surface area (Å²) in [6.45, 7) is 4.00. The second-order valence-electron chi connectivity index (χ2n) is 5.66. The minimum absolute atomic E-state index is 0.188. The summed E-state index contributed by atoms with van der Waals surface area (Å²) in [7, 11) is 0. The van der Waals surface area contributed by atoms with Crippen LogP contribution in [0, 0.1) is 11.7 Å². The van der Waals surface area contributed by atoms with Gasteiger partial charge < -0.3 is 4.90 Å². The maximum atomic E-state index is 14.0. The summed E-state index contributed by atoms with van der Waals surface area (Å²) in [4.78, 5) is 13.8. The zero-order valence-corrected chi connectivity index (χ0v) is 11.9. The van der Waals surface area contributed by atoms with E-state index in [4.69, 9.17) is 0 Å². The van der Waals surface area contributed by atoms with Gasteiger partial charge in [0, 0.05) is 12.6 Å². The fourth-order valence-corrected chi connectivity index (χ4v) is 2.18. The molecule has 0 radical (unpaired) electrons. The molecule has 0 spiro atoms. The number of nitrogens with zero attached hydrogens (tertiary/aromatic N) is 1. The number of rotatable bonds is 4. The molecular formula is C15H17F4NO. The van der Waals surface area contributed by atoms with E-state index in [0.717, 1.165) is 25.0 Å². The molecule has 2 nitrogen and oxygen atoms in total. The van der Waals surface area contributed by atoms with Crippen molar-refractivity contribution in [1.29, 1.82) is 0 Å². The first kappa shape index (κ1) is 15.8. The molecule has 0 heterocycles. The van der Waals surface area contributed by atoms with Gasteiger partial charge in [-0.15, -0.1) is 0 Å². The molecule has 1 aliphatic rings. The molecule has 1 aromatic rings. The molecule has 0 saturated heterocycles. The number of benzene rings is 1. The number of carbonyl (C=O) groups is 1. The standard InChI is InChI=1S/C15H17F4NO/c1-9(2)20(8-10-6-7-10)14(21)11-4-3-5-12(13(11)16)15(17,18)19/h3-5,9-10H,6-8H2,1-2H3. The normalized spacial score (nSPS) is 15.4. The number of halogens is 4. The fourth-order valence-electron chi connectivity index (χ4n) is 2.18. The van der Waals surface area contributed by atoms with Crippen LogP contribution in [0.25, 0.3) is 0 Å². The monoisotopic (exact) mass is 303 g/mol. The Morgan fingerprint density at radius 1 is 1.33 bits per heavy atom. The first-order valence-corrected chi connectivity index (χ1v) is 6.88. The van der Waals surface area contributed by atoms with Crippen LogP contribution in [0.4, 0.5) is 17.6 Å². The quantitative estimate of drug-likeness (QED) is 0.767. The highest BCUT2D eigenvalue weighted by Crippen LogP contribution is 2.34. The summed E-state index contributed by atoms with van der Waals surface area (Å²) in [6.07, 6.45) is -2.80. The molecule has 0 bridgehead atoms. The highest BCUT2D eigenvalue weighted by atomic mass is 19.4. The van der Waals surface area contributed by atoms with Crippen LogP contribution < -0.4 is 0 Å². The van der Waals surface area contributed by atoms with Crippen molar-refractivity contribution in [2.75, 3.05) is 6.54 Å². The van der Waals surface area contributed by atoms with Gasteiger partial charge in [0.15, 0.2) is 0 Å². The molecule has 0 unspecified atom stereocenters. The van der Waals surface area contributed by atoms with Crippen LogP contribution in [0.2, 0.25) is 0 Å². The second-order valence-corrected chi connectivity index (χ2v) is 5.66. The summed E-state index contributed by atoms with van der Waals surface area (Å²) in [5, 5.41) is 0. The SMILES string of the molecule is CC(C)N(CC1CC1)C(=O)c1cccc(C(F)(F)F)c1F. The number of hydrogen-bond donors (Lipinski definition) is 0. The predicted octanol–water partition coefficient (Wildman–Crippen LogP) is 4.11. The number of amides is 1. The van der Waals surface area contributed by atoms with Gasteiger partial charge in [-0.3, -0.25) is 4.79 Å². The van der Waals surface area contributed by atoms with Gasteiger partial charge in [-0.1, -0.05) is 6.07 Å². The van der Waals surface area contributed by atoms with Crippen molar-refractivity contribution in [2.24, 2.45) is 5.92 Å². The third-order valence-electron chi connectivity index (χ3n) is 3.57. The smallest absolute Gasteiger partial charge is 0.336 e. The average Bonchev–Trinajstić information content (AvgIpc) is 3.17. The summed E-state index contributed by atoms with van der Waals surface area (Å²) >= 11 is 0. The Kier molecular flexibility index (Phi) is 4.25. The Balaban J connectivity index is 2.33. The van der Waals surface area contributed by atoms with E-state index in [9.17, 15) is 22.4 Å². The Morgan fingerprint density at radius 2 is 1.95 bits per heavy atom. The van der Waals surface area contributed by atoms with Crippen LogP contribution in [0.3, 0.4) is 0 Å². The maximum absolute atomic E-state index is 14.0. The zero-order chi connectivity index (χ0) is 15.8. The highest BCUT2D eigenvalue weighted by Gasteiger charge is 2.37. The van der Waals surface area contributed by atoms with Crippen LogP contribution in [0.5, 0.6) is 0 Å². The van der Waals surface area contributed by atoms with E-state index >= 15 is 0 Å². The van der Waals surface area contributed by atoms with E-state index in [1.807, 2.05) is 0 Å². The predicted molar refractivity (Wildman–Crippen MR) is 70.3 cm³/mol. The van der Waals surface area contributed by atoms with Crippen LogP contribution in [-0.2, 0) is 6.18 Å². The lowest BCUT2D eigenvalue weighted by Gasteiger charge is -2.27. The minimum Gasteiger partial charge on any atom is -0.336 e. The number of carbonyl (C=O) groups excluding carboxylic acids is 1. The molecule has 0 aromatic heterocycles. The third kappa shape index (κ3) is 3.54. The van der Waals surface area contributed by atoms with E-state index in [-0.39, 0.29) is 6.04 Å². The Labute approximate surface area is 120 Å². The summed E-state index contributed by atoms with van der Waals surface area (Å²) in [5.74, 6) is -1.79. The van der Waals surface area contributed by atoms with Crippen molar-refractivity contribution in [3.63, 3.8) is 0 Å². The molecule has 0 N–H and O–H groups in total. The third-order valence-corrected chi connectivity index (χ3v) is 3.57. The lowest BCUT2D eigenvalue weighted by atomic mass is 10.1. The van der Waals surface area contributed by atoms with E-state index in [2.05, 4.69) is 0 Å². The Hall–Kier alpha value is -1.59. The topological polar surface area (TPSA) is 20.3 Å². The summed E-state index contributed by atoms with van der Waals surface area (Å²) in [6, 6.07) is 2.63. The summed E-state index contributed by atoms with van der Waals surface area (Å²) < 4.78 is 52.1. The molecule has 0 atom stereocenters. The van der Waals surface area contributed by atoms with Gasteiger partial charge in [-0.05, 0) is 44.7 Å². The second kappa shape index (κ2) is 5.66. The van der Waals surface area contributed by atoms with Crippen LogP contribution in [-0.4, -0.2) is 23.4 Å². The van der Waals surface area contributed by atoms with Gasteiger partial charge in [-0.2, -0.15) is 13.2 Å². The lowest BCUT2D eigenvalue weighted by molar-refractivity contribution is -0.140. The van der Waals surface area contributed by atoms with Gasteiger partial charge in [0.1, 0.15) is 5.82 Å². The first-order chi connectivity index (χ1) is 9.71. The molecule has 116 valence electrons. The molecule has 2 rings (SSSR count). The van der Waals surface area contributed by atoms with E-state index in [1.165, 1.54) is 4.90 Å². The van der Waals surface area contributed by atoms with E-state index in [0.29, 0.717) is 18.5 Å². The maximum Gasteiger partial charge on any atom is 0.419 e. The molecule has 1 saturated carbocycles. The molecule has 6 heteroatoms. The largest absolute Gasteiger partial charge is 0.419 e.